The Hall–Kier alpha value is -1.04. The molecule has 1 aliphatic carbocycles. The molecule has 3 nitrogen and oxygen atoms in total. The van der Waals surface area contributed by atoms with Gasteiger partial charge in [-0.05, 0) is 30.6 Å². The van der Waals surface area contributed by atoms with E-state index >= 15 is 0 Å². The van der Waals surface area contributed by atoms with Gasteiger partial charge in [0.25, 0.3) is 0 Å². The van der Waals surface area contributed by atoms with E-state index in [2.05, 4.69) is 4.72 Å². The second-order valence-corrected chi connectivity index (χ2v) is 8.20. The summed E-state index contributed by atoms with van der Waals surface area (Å²) in [5.74, 6) is 0. The molecule has 1 N–H and O–H groups in total. The Kier molecular flexibility index (Phi) is 3.52. The SMILES string of the molecule is CSC1(CNS(=O)(=O)c2cccc3ccccc23)CC1. The highest BCUT2D eigenvalue weighted by molar-refractivity contribution is 8.00. The van der Waals surface area contributed by atoms with Crippen LogP contribution in [0.3, 0.4) is 0 Å². The fraction of sp³-hybridized carbons (Fsp3) is 0.333. The molecule has 1 fully saturated rings. The first-order valence-electron chi connectivity index (χ1n) is 6.59. The normalized spacial score (nSPS) is 17.2. The van der Waals surface area contributed by atoms with Gasteiger partial charge >= 0.3 is 0 Å². The summed E-state index contributed by atoms with van der Waals surface area (Å²) in [6.07, 6.45) is 4.22. The molecular formula is C15H17NO2S2. The first-order valence-corrected chi connectivity index (χ1v) is 9.30. The molecule has 2 aromatic rings. The molecule has 0 spiro atoms. The van der Waals surface area contributed by atoms with Crippen molar-refractivity contribution < 1.29 is 8.42 Å². The highest BCUT2D eigenvalue weighted by Gasteiger charge is 2.42. The number of thioether (sulfide) groups is 1. The molecule has 0 amide bonds. The molecule has 5 heteroatoms. The lowest BCUT2D eigenvalue weighted by molar-refractivity contribution is 0.580. The lowest BCUT2D eigenvalue weighted by Crippen LogP contribution is -2.31. The minimum absolute atomic E-state index is 0.123. The van der Waals surface area contributed by atoms with Gasteiger partial charge in [-0.2, -0.15) is 11.8 Å². The van der Waals surface area contributed by atoms with Gasteiger partial charge in [0, 0.05) is 16.7 Å². The topological polar surface area (TPSA) is 46.2 Å². The summed E-state index contributed by atoms with van der Waals surface area (Å²) in [5, 5.41) is 1.72. The molecule has 0 aliphatic heterocycles. The molecular weight excluding hydrogens is 290 g/mol. The van der Waals surface area contributed by atoms with Crippen LogP contribution in [0.4, 0.5) is 0 Å². The van der Waals surface area contributed by atoms with Crippen LogP contribution in [-0.4, -0.2) is 26.0 Å². The van der Waals surface area contributed by atoms with Crippen LogP contribution in [0.5, 0.6) is 0 Å². The van der Waals surface area contributed by atoms with E-state index in [1.807, 2.05) is 36.6 Å². The first-order chi connectivity index (χ1) is 9.56. The third kappa shape index (κ3) is 2.57. The quantitative estimate of drug-likeness (QED) is 0.923. The third-order valence-corrected chi connectivity index (χ3v) is 6.74. The number of fused-ring (bicyclic) bond motifs is 1. The monoisotopic (exact) mass is 307 g/mol. The Morgan fingerprint density at radius 1 is 1.15 bits per heavy atom. The van der Waals surface area contributed by atoms with Gasteiger partial charge in [-0.15, -0.1) is 0 Å². The highest BCUT2D eigenvalue weighted by atomic mass is 32.2. The lowest BCUT2D eigenvalue weighted by Gasteiger charge is -2.14. The molecule has 0 radical (unpaired) electrons. The number of rotatable bonds is 5. The van der Waals surface area contributed by atoms with E-state index in [1.54, 1.807) is 23.9 Å². The minimum atomic E-state index is -3.45. The van der Waals surface area contributed by atoms with Crippen molar-refractivity contribution in [2.24, 2.45) is 0 Å². The van der Waals surface area contributed by atoms with Crippen molar-refractivity contribution in [1.29, 1.82) is 0 Å². The number of benzene rings is 2. The van der Waals surface area contributed by atoms with Crippen molar-refractivity contribution in [1.82, 2.24) is 4.72 Å². The summed E-state index contributed by atoms with van der Waals surface area (Å²) in [6, 6.07) is 13.0. The maximum Gasteiger partial charge on any atom is 0.241 e. The Labute approximate surface area is 123 Å². The van der Waals surface area contributed by atoms with Crippen LogP contribution in [0.15, 0.2) is 47.4 Å². The highest BCUT2D eigenvalue weighted by Crippen LogP contribution is 2.46. The lowest BCUT2D eigenvalue weighted by atomic mass is 10.1. The number of hydrogen-bond donors (Lipinski definition) is 1. The Morgan fingerprint density at radius 2 is 1.85 bits per heavy atom. The van der Waals surface area contributed by atoms with Gasteiger partial charge in [0.15, 0.2) is 0 Å². The fourth-order valence-corrected chi connectivity index (χ4v) is 4.50. The van der Waals surface area contributed by atoms with Gasteiger partial charge in [0.1, 0.15) is 0 Å². The summed E-state index contributed by atoms with van der Waals surface area (Å²) >= 11 is 1.75. The molecule has 0 saturated heterocycles. The van der Waals surface area contributed by atoms with Crippen molar-refractivity contribution >= 4 is 32.6 Å². The second-order valence-electron chi connectivity index (χ2n) is 5.19. The van der Waals surface area contributed by atoms with Gasteiger partial charge in [-0.3, -0.25) is 0 Å². The maximum absolute atomic E-state index is 12.5. The molecule has 1 saturated carbocycles. The Morgan fingerprint density at radius 3 is 2.55 bits per heavy atom. The zero-order chi connectivity index (χ0) is 14.2. The van der Waals surface area contributed by atoms with E-state index in [1.165, 1.54) is 0 Å². The summed E-state index contributed by atoms with van der Waals surface area (Å²) in [6.45, 7) is 0.514. The average molecular weight is 307 g/mol. The van der Waals surface area contributed by atoms with Crippen LogP contribution in [0.25, 0.3) is 10.8 Å². The smallest absolute Gasteiger partial charge is 0.210 e. The number of hydrogen-bond acceptors (Lipinski definition) is 3. The third-order valence-electron chi connectivity index (χ3n) is 3.86. The first kappa shape index (κ1) is 13.9. The molecule has 0 atom stereocenters. The molecule has 1 aliphatic rings. The summed E-state index contributed by atoms with van der Waals surface area (Å²) in [7, 11) is -3.45. The van der Waals surface area contributed by atoms with E-state index < -0.39 is 10.0 Å². The minimum Gasteiger partial charge on any atom is -0.210 e. The van der Waals surface area contributed by atoms with Gasteiger partial charge in [0.2, 0.25) is 10.0 Å². The van der Waals surface area contributed by atoms with Gasteiger partial charge in [-0.25, -0.2) is 13.1 Å². The van der Waals surface area contributed by atoms with Crippen LogP contribution in [0, 0.1) is 0 Å². The fourth-order valence-electron chi connectivity index (χ4n) is 2.33. The molecule has 0 aromatic heterocycles. The zero-order valence-corrected chi connectivity index (χ0v) is 12.9. The van der Waals surface area contributed by atoms with E-state index in [4.69, 9.17) is 0 Å². The summed E-state index contributed by atoms with van der Waals surface area (Å²) < 4.78 is 27.9. The van der Waals surface area contributed by atoms with Crippen LogP contribution < -0.4 is 4.72 Å². The zero-order valence-electron chi connectivity index (χ0n) is 11.3. The summed E-state index contributed by atoms with van der Waals surface area (Å²) in [4.78, 5) is 0.368. The second kappa shape index (κ2) is 5.06. The molecule has 3 rings (SSSR count). The van der Waals surface area contributed by atoms with Crippen LogP contribution >= 0.6 is 11.8 Å². The van der Waals surface area contributed by atoms with Gasteiger partial charge < -0.3 is 0 Å². The van der Waals surface area contributed by atoms with Crippen molar-refractivity contribution in [3.05, 3.63) is 42.5 Å². The predicted octanol–water partition coefficient (Wildman–Crippen LogP) is 3.01. The van der Waals surface area contributed by atoms with E-state index in [-0.39, 0.29) is 4.75 Å². The van der Waals surface area contributed by atoms with Crippen LogP contribution in [0.1, 0.15) is 12.8 Å². The summed E-state index contributed by atoms with van der Waals surface area (Å²) in [5.41, 5.74) is 0. The average Bonchev–Trinajstić information content (AvgIpc) is 3.25. The van der Waals surface area contributed by atoms with Gasteiger partial charge in [-0.1, -0.05) is 36.4 Å². The molecule has 0 heterocycles. The largest absolute Gasteiger partial charge is 0.241 e. The Bertz CT molecular complexity index is 731. The van der Waals surface area contributed by atoms with Crippen molar-refractivity contribution in [2.45, 2.75) is 22.5 Å². The maximum atomic E-state index is 12.5. The van der Waals surface area contributed by atoms with Crippen LogP contribution in [-0.2, 0) is 10.0 Å². The van der Waals surface area contributed by atoms with Crippen LogP contribution in [0.2, 0.25) is 0 Å². The van der Waals surface area contributed by atoms with E-state index in [9.17, 15) is 8.42 Å². The number of sulfonamides is 1. The van der Waals surface area contributed by atoms with E-state index in [0.29, 0.717) is 11.4 Å². The standard InChI is InChI=1S/C15H17NO2S2/c1-19-15(9-10-15)11-16-20(17,18)14-8-4-6-12-5-2-3-7-13(12)14/h2-8,16H,9-11H2,1H3. The van der Waals surface area contributed by atoms with E-state index in [0.717, 1.165) is 23.6 Å². The van der Waals surface area contributed by atoms with Gasteiger partial charge in [0.05, 0.1) is 4.90 Å². The van der Waals surface area contributed by atoms with Crippen molar-refractivity contribution in [2.75, 3.05) is 12.8 Å². The molecule has 0 bridgehead atoms. The molecule has 106 valence electrons. The molecule has 0 unspecified atom stereocenters. The number of nitrogens with one attached hydrogen (secondary N) is 1. The predicted molar refractivity (Wildman–Crippen MR) is 84.6 cm³/mol. The Balaban J connectivity index is 1.93. The molecule has 20 heavy (non-hydrogen) atoms. The van der Waals surface area contributed by atoms with Crippen molar-refractivity contribution in [3.8, 4) is 0 Å². The van der Waals surface area contributed by atoms with Crippen molar-refractivity contribution in [3.63, 3.8) is 0 Å². The molecule has 2 aromatic carbocycles.